The number of nitrogens with one attached hydrogen (secondary N) is 1. The summed E-state index contributed by atoms with van der Waals surface area (Å²) in [5.74, 6) is 0.318. The predicted octanol–water partition coefficient (Wildman–Crippen LogP) is 0.827. The van der Waals surface area contributed by atoms with Crippen LogP contribution in [0, 0.1) is 5.41 Å². The van der Waals surface area contributed by atoms with Crippen LogP contribution < -0.4 is 5.32 Å². The van der Waals surface area contributed by atoms with E-state index in [-0.39, 0.29) is 5.41 Å². The van der Waals surface area contributed by atoms with Crippen molar-refractivity contribution in [3.8, 4) is 0 Å². The molecule has 1 fully saturated rings. The Bertz CT molecular complexity index is 296. The summed E-state index contributed by atoms with van der Waals surface area (Å²) in [7, 11) is -1.14. The van der Waals surface area contributed by atoms with Crippen LogP contribution in [0.4, 0.5) is 0 Å². The van der Waals surface area contributed by atoms with Crippen LogP contribution in [-0.2, 0) is 14.6 Å². The van der Waals surface area contributed by atoms with E-state index in [0.29, 0.717) is 12.4 Å². The van der Waals surface area contributed by atoms with Gasteiger partial charge in [0.1, 0.15) is 9.84 Å². The Morgan fingerprint density at radius 3 is 2.50 bits per heavy atom. The van der Waals surface area contributed by atoms with Gasteiger partial charge in [-0.25, -0.2) is 8.42 Å². The lowest BCUT2D eigenvalue weighted by atomic mass is 9.67. The van der Waals surface area contributed by atoms with Crippen molar-refractivity contribution in [1.29, 1.82) is 0 Å². The second-order valence-corrected chi connectivity index (χ2v) is 7.16. The first-order valence-corrected chi connectivity index (χ1v) is 7.91. The number of sulfone groups is 1. The zero-order valence-corrected chi connectivity index (χ0v) is 11.1. The van der Waals surface area contributed by atoms with Gasteiger partial charge in [-0.15, -0.1) is 0 Å². The third-order valence-electron chi connectivity index (χ3n) is 3.40. The Morgan fingerprint density at radius 2 is 2.06 bits per heavy atom. The van der Waals surface area contributed by atoms with Crippen molar-refractivity contribution in [2.75, 3.05) is 38.8 Å². The van der Waals surface area contributed by atoms with E-state index in [9.17, 15) is 8.42 Å². The Hall–Kier alpha value is -0.130. The second-order valence-electron chi connectivity index (χ2n) is 4.90. The predicted molar refractivity (Wildman–Crippen MR) is 65.4 cm³/mol. The zero-order valence-electron chi connectivity index (χ0n) is 10.3. The molecule has 1 aliphatic rings. The molecular weight excluding hydrogens is 226 g/mol. The van der Waals surface area contributed by atoms with E-state index >= 15 is 0 Å². The van der Waals surface area contributed by atoms with Gasteiger partial charge in [0.25, 0.3) is 0 Å². The van der Waals surface area contributed by atoms with Gasteiger partial charge in [0.05, 0.1) is 12.4 Å². The van der Waals surface area contributed by atoms with Gasteiger partial charge in [-0.3, -0.25) is 0 Å². The molecule has 1 rings (SSSR count). The fourth-order valence-corrected chi connectivity index (χ4v) is 2.93. The second kappa shape index (κ2) is 5.98. The lowest BCUT2D eigenvalue weighted by molar-refractivity contribution is 0.118. The molecule has 0 bridgehead atoms. The molecule has 1 saturated carbocycles. The molecule has 0 aromatic rings. The summed E-state index contributed by atoms with van der Waals surface area (Å²) in [5.41, 5.74) is 0.233. The SMILES string of the molecule is COCCNCC1(CCS(C)(=O)=O)CCC1. The van der Waals surface area contributed by atoms with E-state index in [0.717, 1.165) is 32.4 Å². The molecule has 0 unspecified atom stereocenters. The summed E-state index contributed by atoms with van der Waals surface area (Å²) < 4.78 is 27.3. The first-order valence-electron chi connectivity index (χ1n) is 5.85. The van der Waals surface area contributed by atoms with Crippen molar-refractivity contribution >= 4 is 9.84 Å². The molecule has 16 heavy (non-hydrogen) atoms. The smallest absolute Gasteiger partial charge is 0.147 e. The summed E-state index contributed by atoms with van der Waals surface area (Å²) >= 11 is 0. The molecule has 1 aliphatic carbocycles. The summed E-state index contributed by atoms with van der Waals surface area (Å²) in [4.78, 5) is 0. The molecule has 4 nitrogen and oxygen atoms in total. The Balaban J connectivity index is 2.27. The zero-order chi connectivity index (χ0) is 12.1. The maximum Gasteiger partial charge on any atom is 0.147 e. The van der Waals surface area contributed by atoms with Gasteiger partial charge in [0, 0.05) is 26.5 Å². The number of methoxy groups -OCH3 is 1. The molecule has 0 aromatic heterocycles. The van der Waals surface area contributed by atoms with Gasteiger partial charge < -0.3 is 10.1 Å². The van der Waals surface area contributed by atoms with Crippen molar-refractivity contribution in [1.82, 2.24) is 5.32 Å². The van der Waals surface area contributed by atoms with Gasteiger partial charge in [-0.1, -0.05) is 6.42 Å². The highest BCUT2D eigenvalue weighted by atomic mass is 32.2. The Kier molecular flexibility index (Phi) is 5.21. The average Bonchev–Trinajstić information content (AvgIpc) is 2.13. The topological polar surface area (TPSA) is 55.4 Å². The lowest BCUT2D eigenvalue weighted by Crippen LogP contribution is -2.42. The molecule has 1 N–H and O–H groups in total. The van der Waals surface area contributed by atoms with Crippen molar-refractivity contribution in [3.63, 3.8) is 0 Å². The maximum atomic E-state index is 11.2. The minimum atomic E-state index is -2.82. The van der Waals surface area contributed by atoms with Crippen LogP contribution in [0.5, 0.6) is 0 Å². The van der Waals surface area contributed by atoms with Gasteiger partial charge in [0.15, 0.2) is 0 Å². The third-order valence-corrected chi connectivity index (χ3v) is 4.35. The van der Waals surface area contributed by atoms with E-state index in [1.165, 1.54) is 12.7 Å². The van der Waals surface area contributed by atoms with E-state index in [1.54, 1.807) is 7.11 Å². The molecule has 0 atom stereocenters. The van der Waals surface area contributed by atoms with Crippen molar-refractivity contribution < 1.29 is 13.2 Å². The van der Waals surface area contributed by atoms with E-state index < -0.39 is 9.84 Å². The van der Waals surface area contributed by atoms with Crippen LogP contribution in [0.3, 0.4) is 0 Å². The molecule has 0 spiro atoms. The number of hydrogen-bond donors (Lipinski definition) is 1. The molecule has 5 heteroatoms. The number of hydrogen-bond acceptors (Lipinski definition) is 4. The minimum absolute atomic E-state index is 0.233. The average molecular weight is 249 g/mol. The van der Waals surface area contributed by atoms with Gasteiger partial charge in [-0.05, 0) is 24.7 Å². The van der Waals surface area contributed by atoms with Gasteiger partial charge >= 0.3 is 0 Å². The summed E-state index contributed by atoms with van der Waals surface area (Å²) in [6.07, 6.45) is 5.66. The Labute approximate surface area is 98.7 Å². The fourth-order valence-electron chi connectivity index (χ4n) is 2.12. The normalized spacial score (nSPS) is 19.4. The maximum absolute atomic E-state index is 11.2. The van der Waals surface area contributed by atoms with Crippen LogP contribution in [0.2, 0.25) is 0 Å². The van der Waals surface area contributed by atoms with Crippen LogP contribution in [0.25, 0.3) is 0 Å². The van der Waals surface area contributed by atoms with Crippen LogP contribution in [0.15, 0.2) is 0 Å². The Morgan fingerprint density at radius 1 is 1.38 bits per heavy atom. The highest BCUT2D eigenvalue weighted by Gasteiger charge is 2.36. The number of ether oxygens (including phenoxy) is 1. The fraction of sp³-hybridized carbons (Fsp3) is 1.00. The highest BCUT2D eigenvalue weighted by molar-refractivity contribution is 7.90. The molecule has 0 amide bonds. The van der Waals surface area contributed by atoms with Crippen LogP contribution >= 0.6 is 0 Å². The third kappa shape index (κ3) is 4.80. The van der Waals surface area contributed by atoms with Gasteiger partial charge in [0.2, 0.25) is 0 Å². The van der Waals surface area contributed by atoms with E-state index in [1.807, 2.05) is 0 Å². The van der Waals surface area contributed by atoms with Crippen molar-refractivity contribution in [2.45, 2.75) is 25.7 Å². The monoisotopic (exact) mass is 249 g/mol. The largest absolute Gasteiger partial charge is 0.383 e. The first kappa shape index (κ1) is 13.9. The first-order chi connectivity index (χ1) is 7.47. The summed E-state index contributed by atoms with van der Waals surface area (Å²) in [5, 5.41) is 3.35. The van der Waals surface area contributed by atoms with Crippen molar-refractivity contribution in [3.05, 3.63) is 0 Å². The molecule has 0 aromatic carbocycles. The molecule has 0 aliphatic heterocycles. The van der Waals surface area contributed by atoms with Crippen LogP contribution in [0.1, 0.15) is 25.7 Å². The summed E-state index contributed by atoms with van der Waals surface area (Å²) in [6.45, 7) is 2.48. The van der Waals surface area contributed by atoms with E-state index in [4.69, 9.17) is 4.74 Å². The molecule has 0 heterocycles. The lowest BCUT2D eigenvalue weighted by Gasteiger charge is -2.42. The molecule has 0 saturated heterocycles. The highest BCUT2D eigenvalue weighted by Crippen LogP contribution is 2.43. The molecule has 96 valence electrons. The van der Waals surface area contributed by atoms with Crippen molar-refractivity contribution in [2.24, 2.45) is 5.41 Å². The standard InChI is InChI=1S/C11H23NO3S/c1-15-8-7-12-10-11(4-3-5-11)6-9-16(2,13)14/h12H,3-10H2,1-2H3. The number of rotatable bonds is 8. The van der Waals surface area contributed by atoms with Gasteiger partial charge in [-0.2, -0.15) is 0 Å². The minimum Gasteiger partial charge on any atom is -0.383 e. The molecule has 0 radical (unpaired) electrons. The van der Waals surface area contributed by atoms with E-state index in [2.05, 4.69) is 5.32 Å². The molecular formula is C11H23NO3S. The quantitative estimate of drug-likeness (QED) is 0.647. The van der Waals surface area contributed by atoms with Crippen LogP contribution in [-0.4, -0.2) is 47.2 Å². The summed E-state index contributed by atoms with van der Waals surface area (Å²) in [6, 6.07) is 0.